The Bertz CT molecular complexity index is 1350. The van der Waals surface area contributed by atoms with E-state index in [0.717, 1.165) is 41.6 Å². The molecule has 2 amide bonds. The van der Waals surface area contributed by atoms with Crippen LogP contribution in [0, 0.1) is 5.82 Å². The number of hydrogen-bond donors (Lipinski definition) is 1. The van der Waals surface area contributed by atoms with Crippen LogP contribution >= 0.6 is 0 Å². The van der Waals surface area contributed by atoms with E-state index in [1.54, 1.807) is 25.1 Å². The summed E-state index contributed by atoms with van der Waals surface area (Å²) in [5, 5.41) is 3.03. The average Bonchev–Trinajstić information content (AvgIpc) is 3.44. The highest BCUT2D eigenvalue weighted by molar-refractivity contribution is 7.92. The zero-order chi connectivity index (χ0) is 27.1. The molecule has 38 heavy (non-hydrogen) atoms. The number of nitrogens with one attached hydrogen (secondary N) is 1. The van der Waals surface area contributed by atoms with Gasteiger partial charge in [0.2, 0.25) is 11.8 Å². The van der Waals surface area contributed by atoms with Gasteiger partial charge in [-0.25, -0.2) is 12.8 Å². The first-order valence-corrected chi connectivity index (χ1v) is 14.2. The number of anilines is 1. The number of hydrogen-bond acceptors (Lipinski definition) is 4. The lowest BCUT2D eigenvalue weighted by molar-refractivity contribution is -0.139. The van der Waals surface area contributed by atoms with Crippen molar-refractivity contribution in [1.82, 2.24) is 10.2 Å². The first-order chi connectivity index (χ1) is 18.3. The van der Waals surface area contributed by atoms with Gasteiger partial charge in [0.05, 0.1) is 10.6 Å². The van der Waals surface area contributed by atoms with E-state index < -0.39 is 34.3 Å². The normalized spacial score (nSPS) is 14.6. The molecule has 200 valence electrons. The van der Waals surface area contributed by atoms with Crippen molar-refractivity contribution < 1.29 is 22.4 Å². The molecule has 9 heteroatoms. The second kappa shape index (κ2) is 12.2. The summed E-state index contributed by atoms with van der Waals surface area (Å²) in [6.07, 6.45) is 3.87. The lowest BCUT2D eigenvalue weighted by atomic mass is 10.1. The molecule has 0 aliphatic heterocycles. The number of rotatable bonds is 10. The Labute approximate surface area is 223 Å². The molecule has 1 saturated carbocycles. The minimum absolute atomic E-state index is 0.0620. The molecule has 0 aromatic heterocycles. The Morgan fingerprint density at radius 2 is 1.50 bits per heavy atom. The molecule has 0 heterocycles. The molecular formula is C29H32FN3O4S. The van der Waals surface area contributed by atoms with E-state index in [1.807, 2.05) is 30.3 Å². The van der Waals surface area contributed by atoms with Crippen molar-refractivity contribution in [2.24, 2.45) is 0 Å². The lowest BCUT2D eigenvalue weighted by Gasteiger charge is -2.32. The molecule has 1 atom stereocenters. The van der Waals surface area contributed by atoms with Crippen molar-refractivity contribution >= 4 is 27.5 Å². The van der Waals surface area contributed by atoms with Crippen LogP contribution in [0.25, 0.3) is 0 Å². The summed E-state index contributed by atoms with van der Waals surface area (Å²) in [6, 6.07) is 21.4. The number of halogens is 1. The van der Waals surface area contributed by atoms with Crippen LogP contribution in [-0.4, -0.2) is 43.8 Å². The number of benzene rings is 3. The van der Waals surface area contributed by atoms with E-state index in [9.17, 15) is 22.4 Å². The number of sulfonamides is 1. The van der Waals surface area contributed by atoms with E-state index in [-0.39, 0.29) is 29.1 Å². The second-order valence-corrected chi connectivity index (χ2v) is 11.3. The Hall–Kier alpha value is -3.72. The summed E-state index contributed by atoms with van der Waals surface area (Å²) >= 11 is 0. The summed E-state index contributed by atoms with van der Waals surface area (Å²) in [7, 11) is -4.30. The summed E-state index contributed by atoms with van der Waals surface area (Å²) in [5.41, 5.74) is 0.539. The smallest absolute Gasteiger partial charge is 0.264 e. The van der Waals surface area contributed by atoms with Gasteiger partial charge in [-0.3, -0.25) is 13.9 Å². The molecule has 0 radical (unpaired) electrons. The topological polar surface area (TPSA) is 86.8 Å². The minimum Gasteiger partial charge on any atom is -0.352 e. The third kappa shape index (κ3) is 6.39. The Morgan fingerprint density at radius 3 is 2.13 bits per heavy atom. The van der Waals surface area contributed by atoms with E-state index in [1.165, 1.54) is 35.2 Å². The number of carbonyl (C=O) groups is 2. The fraction of sp³-hybridized carbons (Fsp3) is 0.310. The Balaban J connectivity index is 1.67. The van der Waals surface area contributed by atoms with Crippen molar-refractivity contribution in [3.63, 3.8) is 0 Å². The molecule has 1 aliphatic rings. The van der Waals surface area contributed by atoms with Crippen LogP contribution in [0.15, 0.2) is 89.8 Å². The summed E-state index contributed by atoms with van der Waals surface area (Å²) in [6.45, 7) is 1.05. The molecule has 1 unspecified atom stereocenters. The van der Waals surface area contributed by atoms with Crippen LogP contribution in [0.2, 0.25) is 0 Å². The number of nitrogens with zero attached hydrogens (tertiary/aromatic N) is 2. The predicted molar refractivity (Wildman–Crippen MR) is 144 cm³/mol. The van der Waals surface area contributed by atoms with Gasteiger partial charge in [0, 0.05) is 12.6 Å². The fourth-order valence-electron chi connectivity index (χ4n) is 4.64. The van der Waals surface area contributed by atoms with Crippen molar-refractivity contribution in [3.05, 3.63) is 96.3 Å². The van der Waals surface area contributed by atoms with Crippen LogP contribution in [0.3, 0.4) is 0 Å². The maximum atomic E-state index is 14.9. The maximum Gasteiger partial charge on any atom is 0.264 e. The SMILES string of the molecule is CC(C(=O)NC1CCCC1)N(Cc1ccccc1)C(=O)CN(c1ccccc1F)S(=O)(=O)c1ccccc1. The molecule has 7 nitrogen and oxygen atoms in total. The van der Waals surface area contributed by atoms with E-state index in [4.69, 9.17) is 0 Å². The molecule has 1 aliphatic carbocycles. The van der Waals surface area contributed by atoms with Crippen molar-refractivity contribution in [1.29, 1.82) is 0 Å². The average molecular weight is 538 g/mol. The summed E-state index contributed by atoms with van der Waals surface area (Å²) in [5.74, 6) is -1.70. The standard InChI is InChI=1S/C29H32FN3O4S/c1-22(29(35)31-24-14-8-9-15-24)32(20-23-12-4-2-5-13-23)28(34)21-33(27-19-11-10-18-26(27)30)38(36,37)25-16-6-3-7-17-25/h2-7,10-13,16-19,22,24H,8-9,14-15,20-21H2,1H3,(H,31,35). The van der Waals surface area contributed by atoms with Crippen LogP contribution in [-0.2, 0) is 26.2 Å². The highest BCUT2D eigenvalue weighted by Crippen LogP contribution is 2.27. The molecular weight excluding hydrogens is 505 g/mol. The Morgan fingerprint density at radius 1 is 0.921 bits per heavy atom. The van der Waals surface area contributed by atoms with Gasteiger partial charge < -0.3 is 10.2 Å². The van der Waals surface area contributed by atoms with Gasteiger partial charge in [0.1, 0.15) is 18.4 Å². The first kappa shape index (κ1) is 27.3. The minimum atomic E-state index is -4.30. The highest BCUT2D eigenvalue weighted by Gasteiger charge is 2.34. The third-order valence-electron chi connectivity index (χ3n) is 6.80. The summed E-state index contributed by atoms with van der Waals surface area (Å²) in [4.78, 5) is 28.3. The van der Waals surface area contributed by atoms with E-state index in [0.29, 0.717) is 0 Å². The number of para-hydroxylation sites is 1. The zero-order valence-corrected chi connectivity index (χ0v) is 22.1. The highest BCUT2D eigenvalue weighted by atomic mass is 32.2. The van der Waals surface area contributed by atoms with Gasteiger partial charge >= 0.3 is 0 Å². The van der Waals surface area contributed by atoms with Crippen molar-refractivity contribution in [2.45, 2.75) is 56.1 Å². The maximum absolute atomic E-state index is 14.9. The number of amides is 2. The van der Waals surface area contributed by atoms with Gasteiger partial charge in [0.25, 0.3) is 10.0 Å². The molecule has 3 aromatic rings. The van der Waals surface area contributed by atoms with E-state index >= 15 is 0 Å². The molecule has 4 rings (SSSR count). The monoisotopic (exact) mass is 537 g/mol. The molecule has 0 bridgehead atoms. The van der Waals surface area contributed by atoms with Crippen molar-refractivity contribution in [2.75, 3.05) is 10.8 Å². The van der Waals surface area contributed by atoms with E-state index in [2.05, 4.69) is 5.32 Å². The molecule has 0 saturated heterocycles. The fourth-order valence-corrected chi connectivity index (χ4v) is 6.08. The zero-order valence-electron chi connectivity index (χ0n) is 21.3. The molecule has 3 aromatic carbocycles. The summed E-state index contributed by atoms with van der Waals surface area (Å²) < 4.78 is 43.0. The van der Waals surface area contributed by atoms with Crippen LogP contribution in [0.4, 0.5) is 10.1 Å². The van der Waals surface area contributed by atoms with Crippen LogP contribution in [0.1, 0.15) is 38.2 Å². The number of carbonyl (C=O) groups excluding carboxylic acids is 2. The van der Waals surface area contributed by atoms with Crippen LogP contribution in [0.5, 0.6) is 0 Å². The predicted octanol–water partition coefficient (Wildman–Crippen LogP) is 4.50. The molecule has 0 spiro atoms. The largest absolute Gasteiger partial charge is 0.352 e. The lowest BCUT2D eigenvalue weighted by Crippen LogP contribution is -2.52. The van der Waals surface area contributed by atoms with Gasteiger partial charge in [-0.1, -0.05) is 73.5 Å². The van der Waals surface area contributed by atoms with Gasteiger partial charge in [-0.15, -0.1) is 0 Å². The quantitative estimate of drug-likeness (QED) is 0.413. The van der Waals surface area contributed by atoms with Gasteiger partial charge in [-0.2, -0.15) is 0 Å². The van der Waals surface area contributed by atoms with Gasteiger partial charge in [0.15, 0.2) is 0 Å². The van der Waals surface area contributed by atoms with Crippen LogP contribution < -0.4 is 9.62 Å². The second-order valence-electron chi connectivity index (χ2n) is 9.45. The molecule has 1 N–H and O–H groups in total. The first-order valence-electron chi connectivity index (χ1n) is 12.7. The van der Waals surface area contributed by atoms with Crippen molar-refractivity contribution in [3.8, 4) is 0 Å². The Kier molecular flexibility index (Phi) is 8.78. The third-order valence-corrected chi connectivity index (χ3v) is 8.57. The molecule has 1 fully saturated rings. The van der Waals surface area contributed by atoms with Gasteiger partial charge in [-0.05, 0) is 49.6 Å².